The average Bonchev–Trinajstić information content (AvgIpc) is 2.18. The maximum atomic E-state index is 9.11. The topological polar surface area (TPSA) is 95.0 Å². The van der Waals surface area contributed by atoms with E-state index in [0.29, 0.717) is 11.5 Å². The third-order valence-corrected chi connectivity index (χ3v) is 2.50. The summed E-state index contributed by atoms with van der Waals surface area (Å²) in [5.74, 6) is 0.637. The van der Waals surface area contributed by atoms with E-state index in [2.05, 4.69) is 10.3 Å². The van der Waals surface area contributed by atoms with Crippen molar-refractivity contribution in [2.24, 2.45) is 0 Å². The molecule has 5 heteroatoms. The van der Waals surface area contributed by atoms with Crippen LogP contribution < -0.4 is 11.1 Å². The largest absolute Gasteiger partial charge is 0.396 e. The van der Waals surface area contributed by atoms with Gasteiger partial charge >= 0.3 is 0 Å². The lowest BCUT2D eigenvalue weighted by Gasteiger charge is -2.32. The van der Waals surface area contributed by atoms with Gasteiger partial charge in [-0.25, -0.2) is 4.98 Å². The Bertz CT molecular complexity index is 406. The fourth-order valence-electron chi connectivity index (χ4n) is 1.55. The second-order valence-corrected chi connectivity index (χ2v) is 3.71. The highest BCUT2D eigenvalue weighted by Crippen LogP contribution is 2.23. The van der Waals surface area contributed by atoms with E-state index in [1.165, 1.54) is 0 Å². The summed E-state index contributed by atoms with van der Waals surface area (Å²) < 4.78 is 0. The number of aliphatic hydroxyl groups excluding tert-OH is 1. The first kappa shape index (κ1) is 9.74. The Morgan fingerprint density at radius 1 is 1.53 bits per heavy atom. The van der Waals surface area contributed by atoms with Crippen LogP contribution in [0.3, 0.4) is 0 Å². The van der Waals surface area contributed by atoms with Crippen molar-refractivity contribution in [1.82, 2.24) is 4.98 Å². The summed E-state index contributed by atoms with van der Waals surface area (Å²) in [5.41, 5.74) is 6.17. The van der Waals surface area contributed by atoms with E-state index in [0.717, 1.165) is 12.8 Å². The Morgan fingerprint density at radius 2 is 2.27 bits per heavy atom. The number of nitrogens with one attached hydrogen (secondary N) is 1. The molecule has 1 heterocycles. The van der Waals surface area contributed by atoms with Crippen molar-refractivity contribution in [3.8, 4) is 6.07 Å². The van der Waals surface area contributed by atoms with E-state index in [9.17, 15) is 0 Å². The molecule has 0 unspecified atom stereocenters. The molecular formula is C10H12N4O. The molecule has 1 aromatic heterocycles. The molecule has 78 valence electrons. The first-order valence-electron chi connectivity index (χ1n) is 4.80. The van der Waals surface area contributed by atoms with Gasteiger partial charge in [0.25, 0.3) is 0 Å². The molecule has 4 N–H and O–H groups in total. The molecule has 5 nitrogen and oxygen atoms in total. The average molecular weight is 204 g/mol. The molecule has 0 saturated heterocycles. The predicted octanol–water partition coefficient (Wildman–Crippen LogP) is 0.471. The van der Waals surface area contributed by atoms with Crippen LogP contribution in [0.4, 0.5) is 11.5 Å². The summed E-state index contributed by atoms with van der Waals surface area (Å²) in [4.78, 5) is 4.06. The Balaban J connectivity index is 2.06. The highest BCUT2D eigenvalue weighted by Gasteiger charge is 2.27. The number of nitrogen functional groups attached to an aromatic ring is 1. The first-order valence-corrected chi connectivity index (χ1v) is 4.80. The standard InChI is InChI=1S/C10H12N4O/c11-5-9-8(12)1-2-10(14-9)13-6-3-7(15)4-6/h1-2,6-7,15H,3-4,12H2,(H,13,14). The Kier molecular flexibility index (Phi) is 2.44. The molecule has 1 aliphatic carbocycles. The molecule has 1 fully saturated rings. The number of anilines is 2. The maximum Gasteiger partial charge on any atom is 0.165 e. The Hall–Kier alpha value is -1.80. The number of hydrogen-bond acceptors (Lipinski definition) is 5. The zero-order chi connectivity index (χ0) is 10.8. The van der Waals surface area contributed by atoms with Gasteiger partial charge in [-0.15, -0.1) is 0 Å². The number of pyridine rings is 1. The highest BCUT2D eigenvalue weighted by molar-refractivity contribution is 5.54. The van der Waals surface area contributed by atoms with Crippen LogP contribution in [0, 0.1) is 11.3 Å². The molecule has 0 amide bonds. The predicted molar refractivity (Wildman–Crippen MR) is 56.0 cm³/mol. The van der Waals surface area contributed by atoms with E-state index in [-0.39, 0.29) is 17.8 Å². The molecule has 0 aromatic carbocycles. The molecule has 0 spiro atoms. The molecular weight excluding hydrogens is 192 g/mol. The zero-order valence-corrected chi connectivity index (χ0v) is 8.14. The van der Waals surface area contributed by atoms with Gasteiger partial charge in [0.1, 0.15) is 11.9 Å². The number of nitrogens with zero attached hydrogens (tertiary/aromatic N) is 2. The fourth-order valence-corrected chi connectivity index (χ4v) is 1.55. The van der Waals surface area contributed by atoms with Gasteiger partial charge < -0.3 is 16.2 Å². The van der Waals surface area contributed by atoms with E-state index >= 15 is 0 Å². The quantitative estimate of drug-likeness (QED) is 0.651. The number of aromatic nitrogens is 1. The summed E-state index contributed by atoms with van der Waals surface area (Å²) in [5, 5.41) is 21.0. The van der Waals surface area contributed by atoms with Gasteiger partial charge in [0, 0.05) is 6.04 Å². The Morgan fingerprint density at radius 3 is 2.87 bits per heavy atom. The number of nitriles is 1. The highest BCUT2D eigenvalue weighted by atomic mass is 16.3. The Labute approximate surface area is 87.5 Å². The summed E-state index contributed by atoms with van der Waals surface area (Å²) in [6, 6.07) is 5.57. The third kappa shape index (κ3) is 2.00. The van der Waals surface area contributed by atoms with Crippen LogP contribution in [0.15, 0.2) is 12.1 Å². The second kappa shape index (κ2) is 3.75. The van der Waals surface area contributed by atoms with Crippen LogP contribution >= 0.6 is 0 Å². The molecule has 1 aromatic rings. The number of rotatable bonds is 2. The van der Waals surface area contributed by atoms with Crippen LogP contribution in [-0.4, -0.2) is 22.2 Å². The minimum Gasteiger partial charge on any atom is -0.396 e. The fraction of sp³-hybridized carbons (Fsp3) is 0.400. The minimum absolute atomic E-state index is 0.202. The van der Waals surface area contributed by atoms with Crippen molar-refractivity contribution in [2.45, 2.75) is 25.0 Å². The van der Waals surface area contributed by atoms with E-state index in [4.69, 9.17) is 16.1 Å². The minimum atomic E-state index is -0.202. The third-order valence-electron chi connectivity index (χ3n) is 2.50. The van der Waals surface area contributed by atoms with Gasteiger partial charge in [0.05, 0.1) is 11.8 Å². The van der Waals surface area contributed by atoms with Crippen molar-refractivity contribution < 1.29 is 5.11 Å². The van der Waals surface area contributed by atoms with Gasteiger partial charge in [-0.3, -0.25) is 0 Å². The summed E-state index contributed by atoms with van der Waals surface area (Å²) in [7, 11) is 0. The van der Waals surface area contributed by atoms with Gasteiger partial charge in [-0.2, -0.15) is 5.26 Å². The molecule has 0 atom stereocenters. The van der Waals surface area contributed by atoms with Crippen LogP contribution in [0.5, 0.6) is 0 Å². The van der Waals surface area contributed by atoms with Crippen LogP contribution in [0.2, 0.25) is 0 Å². The van der Waals surface area contributed by atoms with Crippen molar-refractivity contribution in [2.75, 3.05) is 11.1 Å². The number of aliphatic hydroxyl groups is 1. The van der Waals surface area contributed by atoms with Crippen molar-refractivity contribution in [3.05, 3.63) is 17.8 Å². The number of hydrogen-bond donors (Lipinski definition) is 3. The molecule has 1 saturated carbocycles. The van der Waals surface area contributed by atoms with Gasteiger partial charge in [-0.1, -0.05) is 0 Å². The summed E-state index contributed by atoms with van der Waals surface area (Å²) in [6.07, 6.45) is 1.26. The van der Waals surface area contributed by atoms with Crippen molar-refractivity contribution >= 4 is 11.5 Å². The van der Waals surface area contributed by atoms with Crippen molar-refractivity contribution in [1.29, 1.82) is 5.26 Å². The molecule has 2 rings (SSSR count). The molecule has 15 heavy (non-hydrogen) atoms. The monoisotopic (exact) mass is 204 g/mol. The number of nitrogens with two attached hydrogens (primary N) is 1. The lowest BCUT2D eigenvalue weighted by atomic mass is 9.89. The zero-order valence-electron chi connectivity index (χ0n) is 8.14. The molecule has 0 bridgehead atoms. The normalized spacial score (nSPS) is 24.0. The first-order chi connectivity index (χ1) is 7.19. The van der Waals surface area contributed by atoms with Crippen LogP contribution in [0.1, 0.15) is 18.5 Å². The van der Waals surface area contributed by atoms with E-state index < -0.39 is 0 Å². The second-order valence-electron chi connectivity index (χ2n) is 3.71. The van der Waals surface area contributed by atoms with Gasteiger partial charge in [-0.05, 0) is 25.0 Å². The van der Waals surface area contributed by atoms with Crippen LogP contribution in [0.25, 0.3) is 0 Å². The van der Waals surface area contributed by atoms with E-state index in [1.807, 2.05) is 6.07 Å². The summed E-state index contributed by atoms with van der Waals surface area (Å²) in [6.45, 7) is 0. The summed E-state index contributed by atoms with van der Waals surface area (Å²) >= 11 is 0. The lowest BCUT2D eigenvalue weighted by molar-refractivity contribution is 0.0835. The van der Waals surface area contributed by atoms with Crippen molar-refractivity contribution in [3.63, 3.8) is 0 Å². The van der Waals surface area contributed by atoms with E-state index in [1.54, 1.807) is 12.1 Å². The maximum absolute atomic E-state index is 9.11. The molecule has 0 aliphatic heterocycles. The SMILES string of the molecule is N#Cc1nc(NC2CC(O)C2)ccc1N. The smallest absolute Gasteiger partial charge is 0.165 e. The lowest BCUT2D eigenvalue weighted by Crippen LogP contribution is -2.39. The van der Waals surface area contributed by atoms with Crippen LogP contribution in [-0.2, 0) is 0 Å². The molecule has 0 radical (unpaired) electrons. The van der Waals surface area contributed by atoms with Gasteiger partial charge in [0.2, 0.25) is 0 Å². The molecule has 1 aliphatic rings. The van der Waals surface area contributed by atoms with Gasteiger partial charge in [0.15, 0.2) is 5.69 Å².